The van der Waals surface area contributed by atoms with Gasteiger partial charge in [0.25, 0.3) is 0 Å². The third kappa shape index (κ3) is 3.16. The van der Waals surface area contributed by atoms with Crippen molar-refractivity contribution < 1.29 is 0 Å². The molecule has 2 N–H and O–H groups in total. The highest BCUT2D eigenvalue weighted by Gasteiger charge is 1.96. The molecule has 0 amide bonds. The molecule has 1 aromatic rings. The third-order valence-electron chi connectivity index (χ3n) is 1.65. The molecule has 0 bridgehead atoms. The number of hydrogen-bond donors (Lipinski definition) is 1. The van der Waals surface area contributed by atoms with Crippen LogP contribution in [0.15, 0.2) is 18.2 Å². The molecule has 0 radical (unpaired) electrons. The lowest BCUT2D eigenvalue weighted by Gasteiger charge is -2.00. The number of aryl methyl sites for hydroxylation is 1. The molecule has 0 aliphatic rings. The zero-order valence-corrected chi connectivity index (χ0v) is 8.46. The summed E-state index contributed by atoms with van der Waals surface area (Å²) in [5.41, 5.74) is 8.14. The fourth-order valence-corrected chi connectivity index (χ4v) is 0.981. The predicted molar refractivity (Wildman–Crippen MR) is 56.3 cm³/mol. The molecule has 2 heteroatoms. The van der Waals surface area contributed by atoms with Gasteiger partial charge in [0.1, 0.15) is 0 Å². The molecular weight excluding hydrogens is 160 g/mol. The maximum absolute atomic E-state index is 8.56. The molecule has 1 rings (SSSR count). The van der Waals surface area contributed by atoms with Gasteiger partial charge in [-0.1, -0.05) is 20.8 Å². The van der Waals surface area contributed by atoms with Crippen molar-refractivity contribution in [3.8, 4) is 6.07 Å². The van der Waals surface area contributed by atoms with Crippen LogP contribution in [-0.2, 0) is 6.42 Å². The summed E-state index contributed by atoms with van der Waals surface area (Å²) in [5, 5.41) is 8.56. The minimum absolute atomic E-state index is 0.677. The highest BCUT2D eigenvalue weighted by atomic mass is 14.6. The second-order valence-corrected chi connectivity index (χ2v) is 2.38. The van der Waals surface area contributed by atoms with Crippen molar-refractivity contribution in [2.45, 2.75) is 27.2 Å². The van der Waals surface area contributed by atoms with E-state index in [2.05, 4.69) is 6.07 Å². The van der Waals surface area contributed by atoms with Crippen molar-refractivity contribution >= 4 is 5.69 Å². The zero-order chi connectivity index (χ0) is 10.3. The molecule has 70 valence electrons. The maximum atomic E-state index is 8.56. The van der Waals surface area contributed by atoms with E-state index in [4.69, 9.17) is 11.0 Å². The SMILES string of the molecule is CC.CCc1cc(C#N)ccc1N. The van der Waals surface area contributed by atoms with Crippen LogP contribution in [0.4, 0.5) is 5.69 Å². The van der Waals surface area contributed by atoms with Gasteiger partial charge in [0.15, 0.2) is 0 Å². The van der Waals surface area contributed by atoms with E-state index in [1.165, 1.54) is 0 Å². The molecule has 0 fully saturated rings. The van der Waals surface area contributed by atoms with Crippen molar-refractivity contribution in [3.05, 3.63) is 29.3 Å². The summed E-state index contributed by atoms with van der Waals surface area (Å²) in [7, 11) is 0. The van der Waals surface area contributed by atoms with Gasteiger partial charge < -0.3 is 5.73 Å². The number of nitrogens with zero attached hydrogens (tertiary/aromatic N) is 1. The van der Waals surface area contributed by atoms with Gasteiger partial charge in [-0.25, -0.2) is 0 Å². The molecule has 0 aliphatic heterocycles. The number of anilines is 1. The first-order chi connectivity index (χ1) is 6.27. The largest absolute Gasteiger partial charge is 0.399 e. The van der Waals surface area contributed by atoms with E-state index < -0.39 is 0 Å². The molecule has 0 aliphatic carbocycles. The Bertz CT molecular complexity index is 297. The molecule has 0 spiro atoms. The van der Waals surface area contributed by atoms with Crippen LogP contribution in [0.3, 0.4) is 0 Å². The van der Waals surface area contributed by atoms with E-state index in [0.717, 1.165) is 17.7 Å². The summed E-state index contributed by atoms with van der Waals surface area (Å²) in [4.78, 5) is 0. The second-order valence-electron chi connectivity index (χ2n) is 2.38. The first-order valence-electron chi connectivity index (χ1n) is 4.56. The van der Waals surface area contributed by atoms with Gasteiger partial charge in [0.2, 0.25) is 0 Å². The van der Waals surface area contributed by atoms with Crippen LogP contribution in [0.5, 0.6) is 0 Å². The van der Waals surface area contributed by atoms with Gasteiger partial charge in [-0.15, -0.1) is 0 Å². The predicted octanol–water partition coefficient (Wildman–Crippen LogP) is 2.73. The van der Waals surface area contributed by atoms with Crippen LogP contribution in [-0.4, -0.2) is 0 Å². The van der Waals surface area contributed by atoms with E-state index in [1.807, 2.05) is 26.8 Å². The van der Waals surface area contributed by atoms with Crippen molar-refractivity contribution in [2.75, 3.05) is 5.73 Å². The summed E-state index contributed by atoms with van der Waals surface area (Å²) < 4.78 is 0. The molecule has 0 aromatic heterocycles. The first kappa shape index (κ1) is 11.5. The standard InChI is InChI=1S/C9H10N2.C2H6/c1-2-8-5-7(6-10)3-4-9(8)11;1-2/h3-5H,2,11H2,1H3;1-2H3. The third-order valence-corrected chi connectivity index (χ3v) is 1.65. The summed E-state index contributed by atoms with van der Waals surface area (Å²) in [5.74, 6) is 0. The monoisotopic (exact) mass is 176 g/mol. The fraction of sp³-hybridized carbons (Fsp3) is 0.364. The van der Waals surface area contributed by atoms with Crippen molar-refractivity contribution in [3.63, 3.8) is 0 Å². The second kappa shape index (κ2) is 6.07. The maximum Gasteiger partial charge on any atom is 0.0991 e. The molecule has 0 saturated carbocycles. The van der Waals surface area contributed by atoms with Gasteiger partial charge >= 0.3 is 0 Å². The Balaban J connectivity index is 0.000000671. The van der Waals surface area contributed by atoms with Gasteiger partial charge in [-0.3, -0.25) is 0 Å². The van der Waals surface area contributed by atoms with Gasteiger partial charge in [0.05, 0.1) is 11.6 Å². The fourth-order valence-electron chi connectivity index (χ4n) is 0.981. The lowest BCUT2D eigenvalue weighted by atomic mass is 10.1. The summed E-state index contributed by atoms with van der Waals surface area (Å²) in [6, 6.07) is 7.41. The van der Waals surface area contributed by atoms with Crippen LogP contribution in [0.2, 0.25) is 0 Å². The minimum Gasteiger partial charge on any atom is -0.399 e. The molecule has 0 unspecified atom stereocenters. The minimum atomic E-state index is 0.677. The number of nitriles is 1. The molecule has 1 aromatic carbocycles. The Labute approximate surface area is 80.0 Å². The Hall–Kier alpha value is -1.49. The van der Waals surface area contributed by atoms with Crippen LogP contribution >= 0.6 is 0 Å². The van der Waals surface area contributed by atoms with Crippen molar-refractivity contribution in [1.29, 1.82) is 5.26 Å². The number of nitrogen functional groups attached to an aromatic ring is 1. The molecule has 0 saturated heterocycles. The normalized spacial score (nSPS) is 8.15. The molecule has 2 nitrogen and oxygen atoms in total. The van der Waals surface area contributed by atoms with Gasteiger partial charge in [0, 0.05) is 5.69 Å². The number of rotatable bonds is 1. The average Bonchev–Trinajstić information content (AvgIpc) is 2.22. The Morgan fingerprint density at radius 3 is 2.46 bits per heavy atom. The number of benzene rings is 1. The van der Waals surface area contributed by atoms with Crippen molar-refractivity contribution in [1.82, 2.24) is 0 Å². The summed E-state index contributed by atoms with van der Waals surface area (Å²) >= 11 is 0. The Morgan fingerprint density at radius 1 is 1.38 bits per heavy atom. The van der Waals surface area contributed by atoms with E-state index in [-0.39, 0.29) is 0 Å². The molecule has 13 heavy (non-hydrogen) atoms. The van der Waals surface area contributed by atoms with Crippen LogP contribution in [0.1, 0.15) is 31.9 Å². The van der Waals surface area contributed by atoms with E-state index in [1.54, 1.807) is 12.1 Å². The topological polar surface area (TPSA) is 49.8 Å². The van der Waals surface area contributed by atoms with E-state index >= 15 is 0 Å². The van der Waals surface area contributed by atoms with Gasteiger partial charge in [-0.2, -0.15) is 5.26 Å². The lowest BCUT2D eigenvalue weighted by Crippen LogP contribution is -1.92. The summed E-state index contributed by atoms with van der Waals surface area (Å²) in [6.45, 7) is 6.02. The highest BCUT2D eigenvalue weighted by Crippen LogP contribution is 2.13. The van der Waals surface area contributed by atoms with E-state index in [9.17, 15) is 0 Å². The lowest BCUT2D eigenvalue weighted by molar-refractivity contribution is 1.14. The number of nitrogens with two attached hydrogens (primary N) is 1. The van der Waals surface area contributed by atoms with Crippen LogP contribution < -0.4 is 5.73 Å². The molecule has 0 heterocycles. The number of hydrogen-bond acceptors (Lipinski definition) is 2. The first-order valence-corrected chi connectivity index (χ1v) is 4.56. The Morgan fingerprint density at radius 2 is 2.00 bits per heavy atom. The smallest absolute Gasteiger partial charge is 0.0991 e. The molecule has 0 atom stereocenters. The Kier molecular flexibility index (Phi) is 5.38. The van der Waals surface area contributed by atoms with Crippen LogP contribution in [0, 0.1) is 11.3 Å². The quantitative estimate of drug-likeness (QED) is 0.669. The highest BCUT2D eigenvalue weighted by molar-refractivity contribution is 5.50. The van der Waals surface area contributed by atoms with Crippen LogP contribution in [0.25, 0.3) is 0 Å². The van der Waals surface area contributed by atoms with Crippen molar-refractivity contribution in [2.24, 2.45) is 0 Å². The zero-order valence-electron chi connectivity index (χ0n) is 8.46. The van der Waals surface area contributed by atoms with Gasteiger partial charge in [-0.05, 0) is 30.2 Å². The molecular formula is C11H16N2. The average molecular weight is 176 g/mol. The summed E-state index contributed by atoms with van der Waals surface area (Å²) in [6.07, 6.45) is 0.876. The van der Waals surface area contributed by atoms with E-state index in [0.29, 0.717) is 5.56 Å².